The first-order valence-corrected chi connectivity index (χ1v) is 49.6. The Balaban J connectivity index is 0.000000340. The van der Waals surface area contributed by atoms with Crippen LogP contribution in [0.1, 0.15) is 251 Å². The van der Waals surface area contributed by atoms with E-state index >= 15 is 0 Å². The smallest absolute Gasteiger partial charge is 0.306 e. The molecule has 0 fully saturated rings. The highest BCUT2D eigenvalue weighted by Crippen LogP contribution is 2.36. The van der Waals surface area contributed by atoms with Crippen LogP contribution in [0, 0.1) is 68.0 Å². The number of ether oxygens (including phenoxy) is 1. The number of hydrazine groups is 3. The number of esters is 1. The Morgan fingerprint density at radius 2 is 0.617 bits per heavy atom. The third-order valence-electron chi connectivity index (χ3n) is 25.2. The molecule has 0 unspecified atom stereocenters. The van der Waals surface area contributed by atoms with E-state index in [0.29, 0.717) is 22.4 Å². The number of amides is 6. The molecule has 0 saturated carbocycles. The maximum atomic E-state index is 14.3. The van der Waals surface area contributed by atoms with Gasteiger partial charge in [0.25, 0.3) is 0 Å². The molecule has 29 nitrogen and oxygen atoms in total. The van der Waals surface area contributed by atoms with Crippen LogP contribution in [0.15, 0.2) is 237 Å². The summed E-state index contributed by atoms with van der Waals surface area (Å²) in [5.74, 6) is -13.8. The Labute approximate surface area is 910 Å². The van der Waals surface area contributed by atoms with E-state index in [1.807, 2.05) is 126 Å². The van der Waals surface area contributed by atoms with E-state index in [4.69, 9.17) is 29.4 Å². The summed E-state index contributed by atoms with van der Waals surface area (Å²) in [6.45, 7) is -0.155. The summed E-state index contributed by atoms with van der Waals surface area (Å²) in [5.41, 5.74) is 6.39. The molecule has 10 N–H and O–H groups in total. The number of ketones is 5. The van der Waals surface area contributed by atoms with Crippen LogP contribution in [0.2, 0.25) is 0 Å². The highest BCUT2D eigenvalue weighted by Gasteiger charge is 2.43. The largest absolute Gasteiger partial charge is 0.469 e. The molecule has 0 aliphatic heterocycles. The topological polar surface area (TPSA) is 416 Å². The van der Waals surface area contributed by atoms with Crippen molar-refractivity contribution < 1.29 is 110 Å². The van der Waals surface area contributed by atoms with Crippen molar-refractivity contribution in [1.82, 2.24) is 62.2 Å². The molecule has 0 radical (unpaired) electrons. The minimum absolute atomic E-state index is 0.00802. The number of carbonyl (C=O) groups excluding carboxylic acids is 12. The fraction of sp³-hybridized carbons (Fsp3) is 0.475. The van der Waals surface area contributed by atoms with Crippen molar-refractivity contribution in [2.45, 2.75) is 266 Å². The van der Waals surface area contributed by atoms with Crippen LogP contribution in [0.5, 0.6) is 0 Å². The van der Waals surface area contributed by atoms with Crippen molar-refractivity contribution in [3.05, 3.63) is 270 Å². The van der Waals surface area contributed by atoms with Crippen molar-refractivity contribution in [3.8, 4) is 33.8 Å². The van der Waals surface area contributed by atoms with Crippen molar-refractivity contribution in [2.75, 3.05) is 33.4 Å². The number of rotatable bonds is 49. The maximum absolute atomic E-state index is 14.3. The summed E-state index contributed by atoms with van der Waals surface area (Å²) in [5, 5.41) is 56.2. The van der Waals surface area contributed by atoms with E-state index in [-0.39, 0.29) is 81.8 Å². The number of aliphatic hydroxyl groups excluding tert-OH is 4. The molecule has 6 aromatic carbocycles. The van der Waals surface area contributed by atoms with Crippen molar-refractivity contribution in [2.24, 2.45) is 68.0 Å². The average Bonchev–Trinajstić information content (AvgIpc) is 0.745. The molecule has 9 rings (SSSR count). The van der Waals surface area contributed by atoms with Crippen LogP contribution in [-0.4, -0.2) is 191 Å². The lowest BCUT2D eigenvalue weighted by Crippen LogP contribution is -2.52. The average molecular weight is 2060 g/mol. The quantitative estimate of drug-likeness (QED) is 0.0125. The van der Waals surface area contributed by atoms with Crippen molar-refractivity contribution >= 4 is 70.3 Å². The van der Waals surface area contributed by atoms with Gasteiger partial charge >= 0.3 is 5.97 Å². The molecule has 0 saturated heterocycles. The minimum Gasteiger partial charge on any atom is -0.469 e. The highest BCUT2D eigenvalue weighted by molar-refractivity contribution is 5.92. The maximum Gasteiger partial charge on any atom is 0.306 e. The second-order valence-corrected chi connectivity index (χ2v) is 42.0. The van der Waals surface area contributed by atoms with Crippen LogP contribution >= 0.6 is 0 Å². The molecule has 0 bridgehead atoms. The number of aromatic nitrogens is 3. The van der Waals surface area contributed by atoms with Gasteiger partial charge < -0.3 is 50.7 Å². The van der Waals surface area contributed by atoms with Gasteiger partial charge in [-0.3, -0.25) is 79.2 Å². The third kappa shape index (κ3) is 42.6. The van der Waals surface area contributed by atoms with Crippen molar-refractivity contribution in [1.29, 1.82) is 0 Å². The minimum atomic E-state index is -3.27. The van der Waals surface area contributed by atoms with Gasteiger partial charge in [-0.1, -0.05) is 306 Å². The first kappa shape index (κ1) is 94.6. The summed E-state index contributed by atoms with van der Waals surface area (Å²) in [4.78, 5) is 172. The van der Waals surface area contributed by atoms with Gasteiger partial charge in [-0.2, -0.15) is 0 Å². The molecule has 9 aromatic rings. The summed E-state index contributed by atoms with van der Waals surface area (Å²) in [6.07, 6.45) is -1.35. The third-order valence-corrected chi connectivity index (χ3v) is 25.2. The predicted molar refractivity (Wildman–Crippen MR) is 581 cm³/mol. The number of nitrogens with one attached hydrogen (secondary N) is 6. The standard InChI is InChI=1S/2C40H54N4O6.C40H54N4O5/c1-27(45)42-37(40(5,6)7)34(46)23-31(22-28-14-10-9-11-15-28)35(47)26-44(43-38(49)32(39(2,3)4)24-36(48)50-8)25-29-17-19-30(20-18-29)33-16-12-13-21-41-33;1-27(46)21-32(39(2,3)4)38(50)43-44(24-29-16-18-30(19-17-29)33-15-11-12-20-41-33)25-35(48)31(22-28-13-9-8-10-14-28)23-34(47)37(40(5,6)7)42-36(49)26-45;1-27(45)22-33(39(3,4)5)38(49)43-44(25-30-17-19-31(20-18-30)34-16-12-13-21-41-34)26-36(48)32(23-29-14-10-9-11-15-29)24-35(47)37(40(6,7)8)42-28(2)46/h9-21,31-32,35,37,47H,22-26H2,1-8H3,(H,42,45)(H,43,49);8-20,31-32,35,37,45,48H,21-26H2,1-7H3,(H,42,49)(H,43,50);9-21,32-33,36-37,48H,22-26H2,1-8H3,(H,42,46)(H,43,49)/t2*31-,32-,35+,37-;32-,33-,36+,37-/m111/s1/i5D3,6D3,25D2;5D3,6D3;6D3,7D3. The van der Waals surface area contributed by atoms with Crippen molar-refractivity contribution in [3.63, 3.8) is 0 Å². The lowest BCUT2D eigenvalue weighted by molar-refractivity contribution is -0.148. The van der Waals surface area contributed by atoms with Gasteiger partial charge in [-0.15, -0.1) is 0 Å². The van der Waals surface area contributed by atoms with E-state index in [1.165, 1.54) is 43.1 Å². The number of methoxy groups -OCH3 is 1. The number of benzene rings is 6. The predicted octanol–water partition coefficient (Wildman–Crippen LogP) is 16.4. The Morgan fingerprint density at radius 3 is 0.879 bits per heavy atom. The van der Waals surface area contributed by atoms with Crippen LogP contribution in [0.25, 0.3) is 33.8 Å². The van der Waals surface area contributed by atoms with E-state index in [1.54, 1.807) is 161 Å². The number of carbonyl (C=O) groups is 12. The molecular formula is C120H162N12O17. The van der Waals surface area contributed by atoms with Gasteiger partial charge in [0.1, 0.15) is 18.2 Å². The zero-order chi connectivity index (χ0) is 127. The molecule has 12 atom stereocenters. The van der Waals surface area contributed by atoms with Gasteiger partial charge in [0, 0.05) is 145 Å². The van der Waals surface area contributed by atoms with Gasteiger partial charge in [-0.05, 0) is 153 Å². The van der Waals surface area contributed by atoms with Crippen LogP contribution in [-0.2, 0) is 101 Å². The fourth-order valence-electron chi connectivity index (χ4n) is 17.0. The molecule has 3 heterocycles. The lowest BCUT2D eigenvalue weighted by Gasteiger charge is -2.35. The SMILES string of the molecule is [2H]C([2H])([2H])C(C)([C@H](NC(=O)CO)C(=O)C[C@@H](Cc1ccccc1)[C@@H](O)CN(Cc1ccc(-c2ccccn2)cc1)NC(=O)[C@@H](CC(C)=O)C(C)(C)C)C([2H])([2H])[2H].[2H]C([2H])([2H])C(C)([C@H](NC(C)=O)C(=O)C[C@@H](Cc1ccccc1)[C@@H](O)CN(Cc1ccc(-c2ccccn2)cc1)NC(=O)[C@@H](CC(C)=O)C(C)(C)C)C([2H])([2H])[2H].[2H]C([2H])(c1ccc(-c2ccccn2)cc1)N(C[C@H](O)[C@@H](CC(=O)[C@@H](NC(C)=O)C(C)(C([2H])([2H])[2H])C([2H])([2H])[2H])Cc1ccccc1)NC(=O)[C@@H](CC(=O)OC)C(C)(C)C. The zero-order valence-electron chi connectivity index (χ0n) is 108. The van der Waals surface area contributed by atoms with E-state index in [2.05, 4.69) is 47.2 Å². The summed E-state index contributed by atoms with van der Waals surface area (Å²) in [7, 11) is 1.18. The van der Waals surface area contributed by atoms with E-state index in [9.17, 15) is 80.7 Å². The Kier molecular flexibility index (Phi) is 36.7. The molecule has 804 valence electrons. The normalized spacial score (nSPS) is 16.9. The van der Waals surface area contributed by atoms with Gasteiger partial charge in [0.05, 0.1) is 87.5 Å². The number of pyridine rings is 3. The van der Waals surface area contributed by atoms with Gasteiger partial charge in [0.15, 0.2) is 17.3 Å². The molecule has 0 aliphatic carbocycles. The van der Waals surface area contributed by atoms with Gasteiger partial charge in [0.2, 0.25) is 35.4 Å². The number of hydrogen-bond acceptors (Lipinski definition) is 23. The molecular weight excluding hydrogens is 1880 g/mol. The second kappa shape index (κ2) is 57.8. The zero-order valence-corrected chi connectivity index (χ0v) is 88.3. The summed E-state index contributed by atoms with van der Waals surface area (Å²) < 4.78 is 170. The van der Waals surface area contributed by atoms with Crippen LogP contribution in [0.4, 0.5) is 0 Å². The number of nitrogens with zero attached hydrogens (tertiary/aromatic N) is 6. The lowest BCUT2D eigenvalue weighted by atomic mass is 9.77. The number of hydrogen-bond donors (Lipinski definition) is 10. The second-order valence-electron chi connectivity index (χ2n) is 42.0. The highest BCUT2D eigenvalue weighted by atomic mass is 16.5. The first-order chi connectivity index (χ1) is 78.1. The molecule has 29 heteroatoms. The Hall–Kier alpha value is -12.9. The molecule has 149 heavy (non-hydrogen) atoms. The number of aliphatic hydroxyl groups is 4. The van der Waals surface area contributed by atoms with Crippen LogP contribution < -0.4 is 32.2 Å². The molecule has 0 aliphatic rings. The monoisotopic (exact) mass is 2060 g/mol. The van der Waals surface area contributed by atoms with Crippen LogP contribution in [0.3, 0.4) is 0 Å². The Bertz CT molecular complexity index is 6570. The molecule has 3 aromatic heterocycles. The summed E-state index contributed by atoms with van der Waals surface area (Å²) >= 11 is 0. The fourth-order valence-corrected chi connectivity index (χ4v) is 17.0. The molecule has 6 amide bonds. The number of Topliss-reactive ketones (excluding diaryl/α,β-unsaturated/α-hetero) is 5. The first-order valence-electron chi connectivity index (χ1n) is 59.6. The van der Waals surface area contributed by atoms with Gasteiger partial charge in [-0.25, -0.2) is 15.0 Å². The van der Waals surface area contributed by atoms with E-state index in [0.717, 1.165) is 78.8 Å². The Morgan fingerprint density at radius 1 is 0.342 bits per heavy atom. The molecule has 0 spiro atoms. The summed E-state index contributed by atoms with van der Waals surface area (Å²) in [6, 6.07) is 58.0. The van der Waals surface area contributed by atoms with E-state index < -0.39 is 243 Å².